The molecule has 4 aromatic rings. The maximum absolute atomic E-state index is 12.3. The number of ketones is 1. The minimum Gasteiger partial charge on any atom is -0.748 e. The third kappa shape index (κ3) is 10.3. The fourth-order valence-electron chi connectivity index (χ4n) is 9.06. The number of rotatable bonds is 20. The number of ether oxygens (including phenoxy) is 1. The molecular weight excluding hydrogens is 769 g/mol. The highest BCUT2D eigenvalue weighted by atomic mass is 32.2. The number of phenolic OH excluding ortho intramolecular Hbond substituents is 1. The monoisotopic (exact) mass is 830 g/mol. The molecule has 1 N–H and O–H groups in total. The number of allylic oxidation sites excluding steroid dienone is 6. The van der Waals surface area contributed by atoms with E-state index in [1.165, 1.54) is 38.9 Å². The van der Waals surface area contributed by atoms with Gasteiger partial charge < -0.3 is 19.3 Å². The summed E-state index contributed by atoms with van der Waals surface area (Å²) in [6.07, 6.45) is 16.6. The SMILES string of the molecule is Cc1ccc2ccc3c(c2c1)C(C)(C)C(C=CC=CC=C1N(CCCOc2ccc(O)cc2)c2ccccc2C1(C)CCCCS(=O)(=O)[O-])=[N+]3CCCCCC(=O)C(C)C. The van der Waals surface area contributed by atoms with Crippen molar-refractivity contribution in [2.24, 2.45) is 5.92 Å². The van der Waals surface area contributed by atoms with E-state index in [0.717, 1.165) is 43.6 Å². The fraction of sp³-hybridized carbons (Fsp3) is 0.412. The first kappa shape index (κ1) is 44.6. The van der Waals surface area contributed by atoms with Gasteiger partial charge >= 0.3 is 0 Å². The lowest BCUT2D eigenvalue weighted by Crippen LogP contribution is -2.30. The summed E-state index contributed by atoms with van der Waals surface area (Å²) in [6.45, 7) is 15.0. The molecule has 0 fully saturated rings. The van der Waals surface area contributed by atoms with Crippen LogP contribution in [-0.4, -0.2) is 59.6 Å². The Morgan fingerprint density at radius 1 is 0.900 bits per heavy atom. The van der Waals surface area contributed by atoms with Gasteiger partial charge in [-0.2, -0.15) is 4.58 Å². The van der Waals surface area contributed by atoms with Gasteiger partial charge in [0.05, 0.1) is 22.1 Å². The van der Waals surface area contributed by atoms with Crippen LogP contribution in [0.5, 0.6) is 11.5 Å². The summed E-state index contributed by atoms with van der Waals surface area (Å²) < 4.78 is 42.9. The molecule has 0 spiro atoms. The van der Waals surface area contributed by atoms with Crippen LogP contribution in [0.4, 0.5) is 11.4 Å². The van der Waals surface area contributed by atoms with E-state index in [1.54, 1.807) is 24.3 Å². The van der Waals surface area contributed by atoms with Crippen LogP contribution in [0.15, 0.2) is 115 Å². The second-order valence-electron chi connectivity index (χ2n) is 17.5. The molecule has 2 heterocycles. The predicted molar refractivity (Wildman–Crippen MR) is 244 cm³/mol. The van der Waals surface area contributed by atoms with E-state index in [2.05, 4.69) is 110 Å². The molecule has 6 rings (SSSR count). The number of anilines is 1. The minimum atomic E-state index is -4.29. The number of nitrogens with zero attached hydrogens (tertiary/aromatic N) is 2. The van der Waals surface area contributed by atoms with Crippen molar-refractivity contribution in [1.82, 2.24) is 0 Å². The first-order valence-electron chi connectivity index (χ1n) is 21.6. The van der Waals surface area contributed by atoms with Crippen molar-refractivity contribution in [1.29, 1.82) is 0 Å². The first-order valence-corrected chi connectivity index (χ1v) is 23.2. The number of Topliss-reactive ketones (excluding diaryl/α,β-unsaturated/α-hetero) is 1. The third-order valence-corrected chi connectivity index (χ3v) is 13.1. The van der Waals surface area contributed by atoms with Crippen LogP contribution in [0.25, 0.3) is 10.8 Å². The summed E-state index contributed by atoms with van der Waals surface area (Å²) in [7, 11) is -4.29. The van der Waals surface area contributed by atoms with E-state index >= 15 is 0 Å². The molecule has 0 saturated carbocycles. The van der Waals surface area contributed by atoms with E-state index in [4.69, 9.17) is 4.74 Å². The molecule has 2 aliphatic heterocycles. The van der Waals surface area contributed by atoms with E-state index < -0.39 is 15.5 Å². The van der Waals surface area contributed by atoms with Gasteiger partial charge in [0.1, 0.15) is 23.8 Å². The summed E-state index contributed by atoms with van der Waals surface area (Å²) in [5.74, 6) is 0.941. The molecule has 0 amide bonds. The zero-order valence-electron chi connectivity index (χ0n) is 36.2. The number of aryl methyl sites for hydroxylation is 1. The van der Waals surface area contributed by atoms with E-state index in [9.17, 15) is 22.9 Å². The lowest BCUT2D eigenvalue weighted by atomic mass is 9.77. The number of aromatic hydroxyl groups is 1. The van der Waals surface area contributed by atoms with Gasteiger partial charge in [-0.15, -0.1) is 0 Å². The Labute approximate surface area is 357 Å². The van der Waals surface area contributed by atoms with Gasteiger partial charge in [-0.1, -0.05) is 80.5 Å². The molecule has 318 valence electrons. The molecule has 2 aliphatic rings. The van der Waals surface area contributed by atoms with Gasteiger partial charge in [0.15, 0.2) is 5.71 Å². The quantitative estimate of drug-likeness (QED) is 0.0409. The number of benzene rings is 4. The van der Waals surface area contributed by atoms with E-state index in [1.807, 2.05) is 26.0 Å². The number of hydrogen-bond donors (Lipinski definition) is 1. The second-order valence-corrected chi connectivity index (χ2v) is 19.0. The van der Waals surface area contributed by atoms with Gasteiger partial charge in [-0.3, -0.25) is 4.79 Å². The smallest absolute Gasteiger partial charge is 0.210 e. The standard InChI is InChI=1S/C51H62N2O6S/c1-37(2)46(55)20-9-8-15-32-53-45-30-25-39-24-23-38(3)36-42(39)49(45)50(4,5)47(53)21-10-7-11-22-48-51(6,31-14-16-35-60(56,57)58)43-18-12-13-19-44(43)52(48)33-17-34-59-41-28-26-40(54)27-29-41/h7,10-13,18-19,21-30,36-37H,8-9,14-17,20,31-35H2,1-6H3,(H-,54,56,57,58). The summed E-state index contributed by atoms with van der Waals surface area (Å²) in [6, 6.07) is 26.3. The zero-order valence-corrected chi connectivity index (χ0v) is 37.1. The molecule has 8 nitrogen and oxygen atoms in total. The lowest BCUT2D eigenvalue weighted by molar-refractivity contribution is -0.438. The fourth-order valence-corrected chi connectivity index (χ4v) is 9.62. The molecule has 9 heteroatoms. The second kappa shape index (κ2) is 19.2. The Hall–Kier alpha value is -4.99. The largest absolute Gasteiger partial charge is 0.748 e. The topological polar surface area (TPSA) is 110 Å². The van der Waals surface area contributed by atoms with Crippen LogP contribution in [0.3, 0.4) is 0 Å². The van der Waals surface area contributed by atoms with Gasteiger partial charge in [0.2, 0.25) is 5.69 Å². The molecule has 0 bridgehead atoms. The average Bonchev–Trinajstić information content (AvgIpc) is 3.57. The van der Waals surface area contributed by atoms with Crippen molar-refractivity contribution < 1.29 is 32.2 Å². The van der Waals surface area contributed by atoms with Crippen molar-refractivity contribution in [3.05, 3.63) is 132 Å². The highest BCUT2D eigenvalue weighted by molar-refractivity contribution is 7.85. The van der Waals surface area contributed by atoms with Crippen molar-refractivity contribution in [2.75, 3.05) is 30.3 Å². The maximum Gasteiger partial charge on any atom is 0.210 e. The molecular formula is C51H62N2O6S. The molecule has 0 radical (unpaired) electrons. The Balaban J connectivity index is 1.28. The third-order valence-electron chi connectivity index (χ3n) is 12.3. The highest BCUT2D eigenvalue weighted by Gasteiger charge is 2.45. The molecule has 0 aromatic heterocycles. The Morgan fingerprint density at radius 2 is 1.65 bits per heavy atom. The molecule has 0 saturated heterocycles. The average molecular weight is 831 g/mol. The van der Waals surface area contributed by atoms with Gasteiger partial charge in [0.25, 0.3) is 0 Å². The van der Waals surface area contributed by atoms with Crippen LogP contribution in [0.2, 0.25) is 0 Å². The van der Waals surface area contributed by atoms with Crippen molar-refractivity contribution in [2.45, 2.75) is 104 Å². The number of phenols is 1. The number of fused-ring (bicyclic) bond motifs is 4. The summed E-state index contributed by atoms with van der Waals surface area (Å²) in [5.41, 5.74) is 7.82. The Kier molecular flexibility index (Phi) is 14.2. The van der Waals surface area contributed by atoms with Gasteiger partial charge in [-0.05, 0) is 119 Å². The summed E-state index contributed by atoms with van der Waals surface area (Å²) >= 11 is 0. The zero-order chi connectivity index (χ0) is 43.1. The van der Waals surface area contributed by atoms with Crippen LogP contribution >= 0.6 is 0 Å². The number of para-hydroxylation sites is 1. The minimum absolute atomic E-state index is 0.0791. The normalized spacial score (nSPS) is 18.1. The summed E-state index contributed by atoms with van der Waals surface area (Å²) in [4.78, 5) is 14.7. The Morgan fingerprint density at radius 3 is 2.40 bits per heavy atom. The molecule has 4 aromatic carbocycles. The number of carbonyl (C=O) groups excluding carboxylic acids is 1. The highest BCUT2D eigenvalue weighted by Crippen LogP contribution is 2.51. The molecule has 60 heavy (non-hydrogen) atoms. The lowest BCUT2D eigenvalue weighted by Gasteiger charge is -2.30. The number of unbranched alkanes of at least 4 members (excludes halogenated alkanes) is 3. The molecule has 1 unspecified atom stereocenters. The van der Waals surface area contributed by atoms with Crippen LogP contribution < -0.4 is 9.64 Å². The Bertz CT molecular complexity index is 2410. The van der Waals surface area contributed by atoms with E-state index in [-0.39, 0.29) is 22.8 Å². The van der Waals surface area contributed by atoms with Crippen molar-refractivity contribution >= 4 is 43.8 Å². The van der Waals surface area contributed by atoms with E-state index in [0.29, 0.717) is 50.4 Å². The van der Waals surface area contributed by atoms with Crippen LogP contribution in [0, 0.1) is 12.8 Å². The molecule has 0 aliphatic carbocycles. The van der Waals surface area contributed by atoms with Crippen molar-refractivity contribution in [3.63, 3.8) is 0 Å². The predicted octanol–water partition coefficient (Wildman–Crippen LogP) is 11.0. The first-order chi connectivity index (χ1) is 28.6. The number of carbonyl (C=O) groups is 1. The summed E-state index contributed by atoms with van der Waals surface area (Å²) in [5, 5.41) is 12.2. The van der Waals surface area contributed by atoms with Gasteiger partial charge in [0, 0.05) is 65.6 Å². The molecule has 1 atom stereocenters. The van der Waals surface area contributed by atoms with Crippen LogP contribution in [-0.2, 0) is 25.7 Å². The van der Waals surface area contributed by atoms with Crippen LogP contribution in [0.1, 0.15) is 103 Å². The van der Waals surface area contributed by atoms with Crippen molar-refractivity contribution in [3.8, 4) is 11.5 Å². The number of hydrogen-bond acceptors (Lipinski definition) is 7. The van der Waals surface area contributed by atoms with Gasteiger partial charge in [-0.25, -0.2) is 8.42 Å². The maximum atomic E-state index is 12.3.